The van der Waals surface area contributed by atoms with Gasteiger partial charge in [-0.1, -0.05) is 17.0 Å². The zero-order valence-electron chi connectivity index (χ0n) is 8.82. The van der Waals surface area contributed by atoms with Gasteiger partial charge in [-0.25, -0.2) is 8.78 Å². The van der Waals surface area contributed by atoms with E-state index in [1.165, 1.54) is 0 Å². The van der Waals surface area contributed by atoms with Crippen LogP contribution in [0.3, 0.4) is 0 Å². The largest absolute Gasteiger partial charge is 0.391 e. The van der Waals surface area contributed by atoms with Crippen LogP contribution < -0.4 is 0 Å². The number of aliphatic hydroxyl groups is 1. The van der Waals surface area contributed by atoms with E-state index in [9.17, 15) is 8.78 Å². The van der Waals surface area contributed by atoms with Gasteiger partial charge in [0.25, 0.3) is 0 Å². The number of azide groups is 1. The first-order chi connectivity index (χ1) is 8.19. The highest BCUT2D eigenvalue weighted by molar-refractivity contribution is 5.37. The Morgan fingerprint density at radius 2 is 2.00 bits per heavy atom. The van der Waals surface area contributed by atoms with Crippen LogP contribution in [0.15, 0.2) is 17.2 Å². The molecule has 0 spiro atoms. The third kappa shape index (κ3) is 3.76. The Hall–Kier alpha value is -2.09. The zero-order valence-corrected chi connectivity index (χ0v) is 8.82. The Morgan fingerprint density at radius 3 is 2.53 bits per heavy atom. The molecule has 0 unspecified atom stereocenters. The molecule has 0 aliphatic carbocycles. The second kappa shape index (κ2) is 6.48. The molecule has 0 bridgehead atoms. The standard InChI is InChI=1S/C11H9F2N3O/c12-10-5-8(3-1-2-4-15-16-14)6-11(13)9(10)7-17/h5-6,17H,2,4,7H2. The van der Waals surface area contributed by atoms with E-state index >= 15 is 0 Å². The van der Waals surface area contributed by atoms with Crippen LogP contribution in [0.2, 0.25) is 0 Å². The molecule has 0 atom stereocenters. The summed E-state index contributed by atoms with van der Waals surface area (Å²) in [4.78, 5) is 2.54. The number of aliphatic hydroxyl groups excluding tert-OH is 1. The van der Waals surface area contributed by atoms with Crippen molar-refractivity contribution in [1.29, 1.82) is 0 Å². The van der Waals surface area contributed by atoms with Crippen LogP contribution in [0, 0.1) is 23.5 Å². The third-order valence-corrected chi connectivity index (χ3v) is 1.93. The van der Waals surface area contributed by atoms with E-state index in [1.54, 1.807) is 0 Å². The molecular formula is C11H9F2N3O. The zero-order chi connectivity index (χ0) is 12.7. The predicted octanol–water partition coefficient (Wildman–Crippen LogP) is 2.51. The molecule has 17 heavy (non-hydrogen) atoms. The van der Waals surface area contributed by atoms with Crippen LogP contribution in [0.25, 0.3) is 10.4 Å². The van der Waals surface area contributed by atoms with Crippen molar-refractivity contribution in [1.82, 2.24) is 0 Å². The highest BCUT2D eigenvalue weighted by Crippen LogP contribution is 2.14. The lowest BCUT2D eigenvalue weighted by Gasteiger charge is -2.01. The molecule has 88 valence electrons. The summed E-state index contributed by atoms with van der Waals surface area (Å²) >= 11 is 0. The van der Waals surface area contributed by atoms with E-state index in [4.69, 9.17) is 10.6 Å². The second-order valence-electron chi connectivity index (χ2n) is 3.08. The molecule has 4 nitrogen and oxygen atoms in total. The summed E-state index contributed by atoms with van der Waals surface area (Å²) in [6, 6.07) is 2.10. The Bertz CT molecular complexity index is 490. The fourth-order valence-electron chi connectivity index (χ4n) is 1.14. The topological polar surface area (TPSA) is 69.0 Å². The smallest absolute Gasteiger partial charge is 0.132 e. The Kier molecular flexibility index (Phi) is 4.95. The lowest BCUT2D eigenvalue weighted by molar-refractivity contribution is 0.269. The first-order valence-electron chi connectivity index (χ1n) is 4.77. The number of hydrogen-bond acceptors (Lipinski definition) is 2. The Labute approximate surface area is 96.5 Å². The van der Waals surface area contributed by atoms with Gasteiger partial charge in [-0.2, -0.15) is 0 Å². The fourth-order valence-corrected chi connectivity index (χ4v) is 1.14. The van der Waals surface area contributed by atoms with Crippen LogP contribution in [-0.4, -0.2) is 11.7 Å². The van der Waals surface area contributed by atoms with E-state index in [0.29, 0.717) is 6.42 Å². The molecule has 0 aromatic heterocycles. The molecule has 0 radical (unpaired) electrons. The maximum absolute atomic E-state index is 13.2. The van der Waals surface area contributed by atoms with E-state index < -0.39 is 18.2 Å². The highest BCUT2D eigenvalue weighted by Gasteiger charge is 2.08. The molecule has 6 heteroatoms. The minimum atomic E-state index is -0.827. The number of rotatable bonds is 3. The van der Waals surface area contributed by atoms with Crippen LogP contribution in [0.1, 0.15) is 17.5 Å². The molecule has 1 rings (SSSR count). The van der Waals surface area contributed by atoms with E-state index in [1.807, 2.05) is 0 Å². The van der Waals surface area contributed by atoms with Gasteiger partial charge in [0, 0.05) is 29.0 Å². The van der Waals surface area contributed by atoms with Gasteiger partial charge in [0.05, 0.1) is 6.61 Å². The quantitative estimate of drug-likeness (QED) is 0.283. The Morgan fingerprint density at radius 1 is 1.35 bits per heavy atom. The van der Waals surface area contributed by atoms with E-state index in [2.05, 4.69) is 21.9 Å². The van der Waals surface area contributed by atoms with Gasteiger partial charge >= 0.3 is 0 Å². The summed E-state index contributed by atoms with van der Waals surface area (Å²) in [7, 11) is 0. The van der Waals surface area contributed by atoms with Gasteiger partial charge in [-0.05, 0) is 17.7 Å². The number of halogens is 2. The van der Waals surface area contributed by atoms with Gasteiger partial charge in [-0.15, -0.1) is 0 Å². The SMILES string of the molecule is [N-]=[N+]=NCCC#Cc1cc(F)c(CO)c(F)c1. The highest BCUT2D eigenvalue weighted by atomic mass is 19.1. The summed E-state index contributed by atoms with van der Waals surface area (Å²) in [5.41, 5.74) is 7.81. The molecule has 0 aliphatic heterocycles. The molecular weight excluding hydrogens is 228 g/mol. The molecule has 1 aromatic rings. The van der Waals surface area contributed by atoms with Crippen molar-refractivity contribution in [2.24, 2.45) is 5.11 Å². The lowest BCUT2D eigenvalue weighted by Crippen LogP contribution is -1.96. The fraction of sp³-hybridized carbons (Fsp3) is 0.273. The summed E-state index contributed by atoms with van der Waals surface area (Å²) in [6.45, 7) is -0.481. The van der Waals surface area contributed by atoms with Crippen molar-refractivity contribution in [2.75, 3.05) is 6.54 Å². The van der Waals surface area contributed by atoms with Crippen molar-refractivity contribution in [3.8, 4) is 11.8 Å². The van der Waals surface area contributed by atoms with Crippen molar-refractivity contribution in [3.05, 3.63) is 45.3 Å². The molecule has 0 saturated heterocycles. The average Bonchev–Trinajstić information content (AvgIpc) is 2.28. The van der Waals surface area contributed by atoms with Gasteiger partial charge < -0.3 is 5.11 Å². The van der Waals surface area contributed by atoms with Gasteiger partial charge in [0.1, 0.15) is 11.6 Å². The Balaban J connectivity index is 2.82. The summed E-state index contributed by atoms with van der Waals surface area (Å²) in [6.07, 6.45) is 0.315. The summed E-state index contributed by atoms with van der Waals surface area (Å²) in [5.74, 6) is 3.51. The van der Waals surface area contributed by atoms with Crippen molar-refractivity contribution < 1.29 is 13.9 Å². The number of hydrogen-bond donors (Lipinski definition) is 1. The van der Waals surface area contributed by atoms with Crippen LogP contribution in [-0.2, 0) is 6.61 Å². The first-order valence-corrected chi connectivity index (χ1v) is 4.77. The molecule has 1 N–H and O–H groups in total. The summed E-state index contributed by atoms with van der Waals surface area (Å²) < 4.78 is 26.4. The predicted molar refractivity (Wildman–Crippen MR) is 57.8 cm³/mol. The average molecular weight is 237 g/mol. The number of nitrogens with zero attached hydrogens (tertiary/aromatic N) is 3. The maximum atomic E-state index is 13.2. The van der Waals surface area contributed by atoms with E-state index in [0.717, 1.165) is 12.1 Å². The molecule has 0 amide bonds. The molecule has 0 fully saturated rings. The normalized spacial score (nSPS) is 9.12. The van der Waals surface area contributed by atoms with Crippen molar-refractivity contribution >= 4 is 0 Å². The van der Waals surface area contributed by atoms with Crippen LogP contribution >= 0.6 is 0 Å². The van der Waals surface area contributed by atoms with Gasteiger partial charge in [-0.3, -0.25) is 0 Å². The lowest BCUT2D eigenvalue weighted by atomic mass is 10.1. The van der Waals surface area contributed by atoms with Gasteiger partial charge in [0.2, 0.25) is 0 Å². The van der Waals surface area contributed by atoms with Gasteiger partial charge in [0.15, 0.2) is 0 Å². The minimum Gasteiger partial charge on any atom is -0.391 e. The molecule has 0 heterocycles. The van der Waals surface area contributed by atoms with Crippen LogP contribution in [0.4, 0.5) is 8.78 Å². The maximum Gasteiger partial charge on any atom is 0.132 e. The van der Waals surface area contributed by atoms with Crippen molar-refractivity contribution in [3.63, 3.8) is 0 Å². The monoisotopic (exact) mass is 237 g/mol. The first kappa shape index (κ1) is 13.0. The second-order valence-corrected chi connectivity index (χ2v) is 3.08. The molecule has 1 aromatic carbocycles. The number of benzene rings is 1. The summed E-state index contributed by atoms with van der Waals surface area (Å²) in [5, 5.41) is 12.0. The molecule has 0 aliphatic rings. The van der Waals surface area contributed by atoms with Crippen molar-refractivity contribution in [2.45, 2.75) is 13.0 Å². The molecule has 0 saturated carbocycles. The van der Waals surface area contributed by atoms with E-state index in [-0.39, 0.29) is 17.7 Å². The minimum absolute atomic E-state index is 0.179. The third-order valence-electron chi connectivity index (χ3n) is 1.93. The van der Waals surface area contributed by atoms with Crippen LogP contribution in [0.5, 0.6) is 0 Å².